The molecule has 0 aromatic rings. The number of hydrogen-bond donors (Lipinski definition) is 0. The summed E-state index contributed by atoms with van der Waals surface area (Å²) in [7, 11) is 0. The molecule has 0 spiro atoms. The van der Waals surface area contributed by atoms with Gasteiger partial charge in [-0.05, 0) is 0 Å². The zero-order chi connectivity index (χ0) is 0. The second-order valence-electron chi connectivity index (χ2n) is 0. The fourth-order valence-electron chi connectivity index (χ4n) is 0. The normalized spacial score (nSPS) is 0. The molecule has 0 bridgehead atoms. The van der Waals surface area contributed by atoms with Crippen molar-refractivity contribution in [3.8, 4) is 0 Å². The minimum Gasteiger partial charge on any atom is 0 e. The van der Waals surface area contributed by atoms with Gasteiger partial charge in [0.15, 0.2) is 0 Å². The Bertz CT molecular complexity index is 8.00. The Morgan fingerprint density at radius 3 is 1.00 bits per heavy atom. The van der Waals surface area contributed by atoms with Gasteiger partial charge in [-0.3, -0.25) is 0 Å². The summed E-state index contributed by atoms with van der Waals surface area (Å²) >= 11 is 0. The standard InChI is InChI=1S/Co.Nb.Ti.W. The molecule has 0 aliphatic carbocycles. The Morgan fingerprint density at radius 1 is 1.00 bits per heavy atom. The summed E-state index contributed by atoms with van der Waals surface area (Å²) in [5.41, 5.74) is 0. The van der Waals surface area contributed by atoms with Gasteiger partial charge in [-0.25, -0.2) is 0 Å². The molecule has 0 N–H and O–H groups in total. The molecule has 4 heavy (non-hydrogen) atoms. The van der Waals surface area contributed by atoms with E-state index >= 15 is 0 Å². The first-order valence-electron chi connectivity index (χ1n) is 0. The van der Waals surface area contributed by atoms with Crippen molar-refractivity contribution in [2.75, 3.05) is 0 Å². The van der Waals surface area contributed by atoms with Gasteiger partial charge in [0.05, 0.1) is 0 Å². The van der Waals surface area contributed by atoms with Gasteiger partial charge in [0.25, 0.3) is 0 Å². The topological polar surface area (TPSA) is 0 Å². The van der Waals surface area contributed by atoms with Gasteiger partial charge >= 0.3 is 0 Å². The zero-order valence-corrected chi connectivity index (χ0v) is 9.42. The fraction of sp³-hybridized carbons (Fsp3) is 0. The van der Waals surface area contributed by atoms with E-state index in [9.17, 15) is 0 Å². The van der Waals surface area contributed by atoms with Crippen LogP contribution in [0.3, 0.4) is 0 Å². The minimum atomic E-state index is 0. The molecule has 0 amide bonds. The van der Waals surface area contributed by atoms with Gasteiger partial charge in [0, 0.05) is 81.9 Å². The Hall–Kier alpha value is 2.65. The first kappa shape index (κ1) is 30.2. The molecule has 0 saturated heterocycles. The van der Waals surface area contributed by atoms with Crippen molar-refractivity contribution in [3.63, 3.8) is 0 Å². The summed E-state index contributed by atoms with van der Waals surface area (Å²) in [6, 6.07) is 0. The van der Waals surface area contributed by atoms with Crippen molar-refractivity contribution < 1.29 is 81.9 Å². The molecule has 0 aliphatic heterocycles. The first-order chi connectivity index (χ1) is 0. The van der Waals surface area contributed by atoms with Crippen molar-refractivity contribution >= 4 is 0 Å². The molecule has 0 aliphatic rings. The largest absolute Gasteiger partial charge is 0 e. The average molecular weight is 384 g/mol. The summed E-state index contributed by atoms with van der Waals surface area (Å²) in [5, 5.41) is 0. The van der Waals surface area contributed by atoms with Crippen molar-refractivity contribution in [2.24, 2.45) is 0 Å². The molecule has 0 fully saturated rings. The van der Waals surface area contributed by atoms with Crippen LogP contribution in [-0.4, -0.2) is 0 Å². The van der Waals surface area contributed by atoms with E-state index in [-0.39, 0.29) is 81.9 Å². The van der Waals surface area contributed by atoms with Gasteiger partial charge in [0.2, 0.25) is 0 Å². The molecule has 0 atom stereocenters. The second kappa shape index (κ2) is 17.4. The summed E-state index contributed by atoms with van der Waals surface area (Å²) in [6.07, 6.45) is 0. The van der Waals surface area contributed by atoms with Crippen LogP contribution in [0, 0.1) is 0 Å². The van der Waals surface area contributed by atoms with E-state index < -0.39 is 0 Å². The third kappa shape index (κ3) is 8.82. The number of rotatable bonds is 0. The van der Waals surface area contributed by atoms with E-state index in [2.05, 4.69) is 0 Å². The quantitative estimate of drug-likeness (QED) is 0.516. The Morgan fingerprint density at radius 2 is 1.00 bits per heavy atom. The molecular formula is CoNbTiW. The molecule has 0 unspecified atom stereocenters. The summed E-state index contributed by atoms with van der Waals surface area (Å²) in [5.74, 6) is 0. The van der Waals surface area contributed by atoms with Gasteiger partial charge in [-0.2, -0.15) is 0 Å². The van der Waals surface area contributed by atoms with Crippen LogP contribution in [0.4, 0.5) is 0 Å². The maximum absolute atomic E-state index is 0. The fourth-order valence-corrected chi connectivity index (χ4v) is 0. The number of hydrogen-bond acceptors (Lipinski definition) is 0. The SMILES string of the molecule is [Co].[Nb].[Ti].[W]. The van der Waals surface area contributed by atoms with Crippen LogP contribution in [0.15, 0.2) is 0 Å². The Balaban J connectivity index is 0. The van der Waals surface area contributed by atoms with Crippen molar-refractivity contribution in [1.82, 2.24) is 0 Å². The summed E-state index contributed by atoms with van der Waals surface area (Å²) in [6.45, 7) is 0. The molecule has 24 valence electrons. The van der Waals surface area contributed by atoms with Crippen LogP contribution in [0.2, 0.25) is 0 Å². The molecule has 0 nitrogen and oxygen atoms in total. The van der Waals surface area contributed by atoms with E-state index in [0.29, 0.717) is 0 Å². The predicted molar refractivity (Wildman–Crippen MR) is 0 cm³/mol. The average Bonchev–Trinajstić information content (AvgIpc) is 0. The minimum absolute atomic E-state index is 0. The molecule has 0 heterocycles. The van der Waals surface area contributed by atoms with E-state index in [1.165, 1.54) is 0 Å². The molecule has 0 saturated carbocycles. The van der Waals surface area contributed by atoms with Crippen molar-refractivity contribution in [3.05, 3.63) is 0 Å². The maximum Gasteiger partial charge on any atom is 0 e. The van der Waals surface area contributed by atoms with Gasteiger partial charge in [-0.1, -0.05) is 0 Å². The third-order valence-electron chi connectivity index (χ3n) is 0. The van der Waals surface area contributed by atoms with E-state index in [0.717, 1.165) is 0 Å². The Labute approximate surface area is 80.7 Å². The van der Waals surface area contributed by atoms with E-state index in [1.54, 1.807) is 0 Å². The summed E-state index contributed by atoms with van der Waals surface area (Å²) < 4.78 is 0. The van der Waals surface area contributed by atoms with Crippen LogP contribution in [0.25, 0.3) is 0 Å². The molecule has 0 rings (SSSR count). The van der Waals surface area contributed by atoms with Crippen LogP contribution in [0.5, 0.6) is 0 Å². The molecule has 4 heteroatoms. The van der Waals surface area contributed by atoms with Gasteiger partial charge in [0.1, 0.15) is 0 Å². The van der Waals surface area contributed by atoms with Crippen LogP contribution >= 0.6 is 0 Å². The van der Waals surface area contributed by atoms with Crippen LogP contribution < -0.4 is 0 Å². The Kier molecular flexibility index (Phi) is 132. The third-order valence-corrected chi connectivity index (χ3v) is 0. The summed E-state index contributed by atoms with van der Waals surface area (Å²) in [4.78, 5) is 0. The van der Waals surface area contributed by atoms with E-state index in [4.69, 9.17) is 0 Å². The predicted octanol–water partition coefficient (Wildman–Crippen LogP) is -0.0100. The van der Waals surface area contributed by atoms with E-state index in [1.807, 2.05) is 0 Å². The van der Waals surface area contributed by atoms with Gasteiger partial charge < -0.3 is 0 Å². The molecule has 2 radical (unpaired) electrons. The second-order valence-corrected chi connectivity index (χ2v) is 0. The molecule has 0 aromatic heterocycles. The molecular weight excluding hydrogens is 384 g/mol. The van der Waals surface area contributed by atoms with Crippen LogP contribution in [0.1, 0.15) is 0 Å². The first-order valence-corrected chi connectivity index (χ1v) is 0. The molecule has 0 aromatic carbocycles. The van der Waals surface area contributed by atoms with Crippen molar-refractivity contribution in [2.45, 2.75) is 0 Å². The zero-order valence-electron chi connectivity index (χ0n) is 1.69. The van der Waals surface area contributed by atoms with Crippen molar-refractivity contribution in [1.29, 1.82) is 0 Å². The maximum atomic E-state index is 0. The smallest absolute Gasteiger partial charge is 0 e. The monoisotopic (exact) mass is 384 g/mol. The van der Waals surface area contributed by atoms with Crippen LogP contribution in [-0.2, 0) is 81.9 Å². The van der Waals surface area contributed by atoms with Gasteiger partial charge in [-0.15, -0.1) is 0 Å².